The predicted molar refractivity (Wildman–Crippen MR) is 104 cm³/mol. The van der Waals surface area contributed by atoms with Crippen molar-refractivity contribution in [3.8, 4) is 5.69 Å². The molecule has 1 aliphatic rings. The van der Waals surface area contributed by atoms with Crippen LogP contribution in [0.4, 0.5) is 0 Å². The van der Waals surface area contributed by atoms with Gasteiger partial charge in [-0.15, -0.1) is 11.3 Å². The molecule has 25 heavy (non-hydrogen) atoms. The minimum Gasteiger partial charge on any atom is -0.369 e. The molecule has 0 fully saturated rings. The Morgan fingerprint density at radius 2 is 2.12 bits per heavy atom. The molecule has 1 atom stereocenters. The maximum absolute atomic E-state index is 13.4. The first-order valence-corrected chi connectivity index (χ1v) is 10.4. The Bertz CT molecular complexity index is 994. The first-order chi connectivity index (χ1) is 12.1. The Morgan fingerprint density at radius 1 is 1.36 bits per heavy atom. The zero-order valence-electron chi connectivity index (χ0n) is 14.5. The molecule has 6 heteroatoms. The summed E-state index contributed by atoms with van der Waals surface area (Å²) in [4.78, 5) is 20.2. The molecule has 0 amide bonds. The SMILES string of the molecule is CCC1(C)Cc2c(sc3nc(SC)n(-c4ccccc4)c(=O)c23)CO1. The minimum atomic E-state index is -0.205. The Balaban J connectivity index is 2.01. The largest absolute Gasteiger partial charge is 0.369 e. The lowest BCUT2D eigenvalue weighted by Gasteiger charge is -2.32. The van der Waals surface area contributed by atoms with Gasteiger partial charge < -0.3 is 4.74 Å². The molecule has 1 aliphatic heterocycles. The van der Waals surface area contributed by atoms with Crippen LogP contribution >= 0.6 is 23.1 Å². The first-order valence-electron chi connectivity index (χ1n) is 8.37. The Morgan fingerprint density at radius 3 is 2.80 bits per heavy atom. The number of benzene rings is 1. The second-order valence-electron chi connectivity index (χ2n) is 6.53. The molecule has 4 nitrogen and oxygen atoms in total. The Hall–Kier alpha value is -1.63. The van der Waals surface area contributed by atoms with Crippen molar-refractivity contribution in [2.24, 2.45) is 0 Å². The molecule has 2 aromatic heterocycles. The highest BCUT2D eigenvalue weighted by molar-refractivity contribution is 7.98. The van der Waals surface area contributed by atoms with E-state index in [4.69, 9.17) is 9.72 Å². The van der Waals surface area contributed by atoms with Crippen LogP contribution in [0.25, 0.3) is 15.9 Å². The van der Waals surface area contributed by atoms with E-state index >= 15 is 0 Å². The smallest absolute Gasteiger partial charge is 0.267 e. The van der Waals surface area contributed by atoms with Gasteiger partial charge in [0.15, 0.2) is 5.16 Å². The summed E-state index contributed by atoms with van der Waals surface area (Å²) in [6.45, 7) is 4.82. The van der Waals surface area contributed by atoms with Crippen LogP contribution in [-0.4, -0.2) is 21.4 Å². The third-order valence-electron chi connectivity index (χ3n) is 4.92. The summed E-state index contributed by atoms with van der Waals surface area (Å²) in [5.41, 5.74) is 1.81. The minimum absolute atomic E-state index is 0.0263. The number of rotatable bonds is 3. The number of fused-ring (bicyclic) bond motifs is 3. The molecule has 0 radical (unpaired) electrons. The number of nitrogens with zero attached hydrogens (tertiary/aromatic N) is 2. The van der Waals surface area contributed by atoms with Crippen LogP contribution in [0, 0.1) is 0 Å². The quantitative estimate of drug-likeness (QED) is 0.505. The van der Waals surface area contributed by atoms with E-state index in [1.54, 1.807) is 15.9 Å². The maximum atomic E-state index is 13.4. The molecule has 4 rings (SSSR count). The van der Waals surface area contributed by atoms with Crippen LogP contribution in [0.15, 0.2) is 40.3 Å². The molecule has 130 valence electrons. The third kappa shape index (κ3) is 2.72. The molecule has 0 aliphatic carbocycles. The van der Waals surface area contributed by atoms with E-state index in [9.17, 15) is 4.79 Å². The lowest BCUT2D eigenvalue weighted by molar-refractivity contribution is -0.0543. The molecule has 1 aromatic carbocycles. The van der Waals surface area contributed by atoms with E-state index in [0.717, 1.165) is 44.3 Å². The maximum Gasteiger partial charge on any atom is 0.267 e. The van der Waals surface area contributed by atoms with Crippen molar-refractivity contribution >= 4 is 33.3 Å². The summed E-state index contributed by atoms with van der Waals surface area (Å²) in [6.07, 6.45) is 3.65. The second-order valence-corrected chi connectivity index (χ2v) is 8.38. The highest BCUT2D eigenvalue weighted by Crippen LogP contribution is 2.38. The van der Waals surface area contributed by atoms with Crippen molar-refractivity contribution in [3.63, 3.8) is 0 Å². The van der Waals surface area contributed by atoms with Crippen LogP contribution in [0.1, 0.15) is 30.7 Å². The molecule has 0 spiro atoms. The average Bonchev–Trinajstić information content (AvgIpc) is 2.99. The summed E-state index contributed by atoms with van der Waals surface area (Å²) >= 11 is 3.09. The number of thiophene rings is 1. The molecule has 3 heterocycles. The fourth-order valence-corrected chi connectivity index (χ4v) is 4.97. The van der Waals surface area contributed by atoms with Gasteiger partial charge in [0.25, 0.3) is 5.56 Å². The fourth-order valence-electron chi connectivity index (χ4n) is 3.27. The number of para-hydroxylation sites is 1. The molecule has 0 saturated heterocycles. The van der Waals surface area contributed by atoms with Gasteiger partial charge in [-0.25, -0.2) is 4.98 Å². The standard InChI is InChI=1S/C19H20N2O2S2/c1-4-19(2)10-13-14(11-23-19)25-16-15(13)17(22)21(18(20-16)24-3)12-8-6-5-7-9-12/h5-9H,4,10-11H2,1-3H3. The van der Waals surface area contributed by atoms with Gasteiger partial charge in [-0.05, 0) is 37.3 Å². The van der Waals surface area contributed by atoms with Gasteiger partial charge in [-0.2, -0.15) is 0 Å². The number of aromatic nitrogens is 2. The summed E-state index contributed by atoms with van der Waals surface area (Å²) < 4.78 is 7.79. The summed E-state index contributed by atoms with van der Waals surface area (Å²) in [6, 6.07) is 9.75. The average molecular weight is 373 g/mol. The summed E-state index contributed by atoms with van der Waals surface area (Å²) in [5, 5.41) is 1.49. The van der Waals surface area contributed by atoms with Crippen molar-refractivity contribution in [2.45, 2.75) is 44.1 Å². The van der Waals surface area contributed by atoms with Crippen LogP contribution in [0.3, 0.4) is 0 Å². The van der Waals surface area contributed by atoms with Crippen molar-refractivity contribution in [1.82, 2.24) is 9.55 Å². The van der Waals surface area contributed by atoms with Crippen molar-refractivity contribution in [3.05, 3.63) is 51.1 Å². The number of ether oxygens (including phenoxy) is 1. The van der Waals surface area contributed by atoms with E-state index in [1.165, 1.54) is 11.8 Å². The topological polar surface area (TPSA) is 44.1 Å². The van der Waals surface area contributed by atoms with Gasteiger partial charge in [0.2, 0.25) is 0 Å². The Kier molecular flexibility index (Phi) is 4.22. The molecule has 0 N–H and O–H groups in total. The third-order valence-corrected chi connectivity index (χ3v) is 6.66. The van der Waals surface area contributed by atoms with Crippen molar-refractivity contribution < 1.29 is 4.74 Å². The summed E-state index contributed by atoms with van der Waals surface area (Å²) in [5.74, 6) is 0. The van der Waals surface area contributed by atoms with E-state index in [1.807, 2.05) is 36.6 Å². The molecule has 1 unspecified atom stereocenters. The van der Waals surface area contributed by atoms with Crippen molar-refractivity contribution in [2.75, 3.05) is 6.26 Å². The van der Waals surface area contributed by atoms with Crippen LogP contribution < -0.4 is 5.56 Å². The van der Waals surface area contributed by atoms with Gasteiger partial charge in [0, 0.05) is 11.3 Å². The predicted octanol–water partition coefficient (Wildman–Crippen LogP) is 4.41. The van der Waals surface area contributed by atoms with Crippen LogP contribution in [0.5, 0.6) is 0 Å². The van der Waals surface area contributed by atoms with E-state index in [-0.39, 0.29) is 11.2 Å². The molecule has 0 bridgehead atoms. The van der Waals surface area contributed by atoms with Crippen LogP contribution in [0.2, 0.25) is 0 Å². The molecular formula is C19H20N2O2S2. The van der Waals surface area contributed by atoms with Gasteiger partial charge in [0.05, 0.1) is 23.3 Å². The zero-order valence-corrected chi connectivity index (χ0v) is 16.2. The number of hydrogen-bond acceptors (Lipinski definition) is 5. The highest BCUT2D eigenvalue weighted by atomic mass is 32.2. The normalized spacial score (nSPS) is 20.0. The van der Waals surface area contributed by atoms with Gasteiger partial charge in [0.1, 0.15) is 4.83 Å². The molecule has 3 aromatic rings. The van der Waals surface area contributed by atoms with Gasteiger partial charge in [-0.3, -0.25) is 9.36 Å². The monoisotopic (exact) mass is 372 g/mol. The van der Waals surface area contributed by atoms with Gasteiger partial charge in [-0.1, -0.05) is 36.9 Å². The van der Waals surface area contributed by atoms with Crippen LogP contribution in [-0.2, 0) is 17.8 Å². The van der Waals surface area contributed by atoms with Crippen molar-refractivity contribution in [1.29, 1.82) is 0 Å². The number of thioether (sulfide) groups is 1. The highest BCUT2D eigenvalue weighted by Gasteiger charge is 2.33. The second kappa shape index (κ2) is 6.27. The molecule has 0 saturated carbocycles. The lowest BCUT2D eigenvalue weighted by Crippen LogP contribution is -2.34. The van der Waals surface area contributed by atoms with E-state index in [2.05, 4.69) is 13.8 Å². The van der Waals surface area contributed by atoms with Gasteiger partial charge >= 0.3 is 0 Å². The summed E-state index contributed by atoms with van der Waals surface area (Å²) in [7, 11) is 0. The molecular weight excluding hydrogens is 352 g/mol. The Labute approximate surface area is 154 Å². The number of hydrogen-bond donors (Lipinski definition) is 0. The first kappa shape index (κ1) is 16.8. The zero-order chi connectivity index (χ0) is 17.6. The van der Waals surface area contributed by atoms with E-state index in [0.29, 0.717) is 6.61 Å². The fraction of sp³-hybridized carbons (Fsp3) is 0.368. The van der Waals surface area contributed by atoms with E-state index < -0.39 is 0 Å². The lowest BCUT2D eigenvalue weighted by atomic mass is 9.90.